The molecule has 0 saturated carbocycles. The highest BCUT2D eigenvalue weighted by atomic mass is 35.5. The molecular weight excluding hydrogens is 449 g/mol. The van der Waals surface area contributed by atoms with Gasteiger partial charge in [-0.05, 0) is 74.3 Å². The number of rotatable bonds is 4. The van der Waals surface area contributed by atoms with Gasteiger partial charge in [-0.2, -0.15) is 0 Å². The average molecular weight is 476 g/mol. The first kappa shape index (κ1) is 22.8. The summed E-state index contributed by atoms with van der Waals surface area (Å²) in [7, 11) is 0. The molecule has 1 amide bonds. The van der Waals surface area contributed by atoms with Crippen LogP contribution in [0, 0.1) is 12.7 Å². The first-order valence-electron chi connectivity index (χ1n) is 11.6. The van der Waals surface area contributed by atoms with E-state index < -0.39 is 0 Å². The Balaban J connectivity index is 1.31. The number of carbonyl (C=O) groups is 1. The molecule has 0 N–H and O–H groups in total. The molecule has 3 heterocycles. The van der Waals surface area contributed by atoms with Crippen LogP contribution >= 0.6 is 11.6 Å². The number of aryl methyl sites for hydroxylation is 1. The minimum absolute atomic E-state index is 0.127. The largest absolute Gasteiger partial charge is 0.307 e. The van der Waals surface area contributed by atoms with Crippen LogP contribution in [0.2, 0.25) is 5.15 Å². The van der Waals surface area contributed by atoms with E-state index >= 15 is 0 Å². The van der Waals surface area contributed by atoms with Gasteiger partial charge in [0, 0.05) is 36.0 Å². The van der Waals surface area contributed by atoms with Gasteiger partial charge in [0.05, 0.1) is 0 Å². The van der Waals surface area contributed by atoms with Gasteiger partial charge in [-0.3, -0.25) is 9.69 Å². The lowest BCUT2D eigenvalue weighted by molar-refractivity contribution is 0.0977. The van der Waals surface area contributed by atoms with E-state index in [1.807, 2.05) is 0 Å². The predicted octanol–water partition coefficient (Wildman–Crippen LogP) is 5.89. The monoisotopic (exact) mass is 475 g/mol. The van der Waals surface area contributed by atoms with Gasteiger partial charge in [-0.25, -0.2) is 9.37 Å². The number of piperidine rings is 1. The third-order valence-electron chi connectivity index (χ3n) is 7.06. The molecule has 6 heteroatoms. The Kier molecular flexibility index (Phi) is 6.24. The molecule has 0 aliphatic carbocycles. The van der Waals surface area contributed by atoms with Crippen LogP contribution in [-0.4, -0.2) is 42.0 Å². The minimum atomic E-state index is -0.261. The summed E-state index contributed by atoms with van der Waals surface area (Å²) in [6.07, 6.45) is 7.65. The molecule has 5 rings (SSSR count). The van der Waals surface area contributed by atoms with Crippen LogP contribution in [0.25, 0.3) is 6.08 Å². The third kappa shape index (κ3) is 4.50. The van der Waals surface area contributed by atoms with E-state index in [0.29, 0.717) is 12.1 Å². The van der Waals surface area contributed by atoms with Gasteiger partial charge in [-0.1, -0.05) is 53.6 Å². The lowest BCUT2D eigenvalue weighted by Gasteiger charge is -2.39. The van der Waals surface area contributed by atoms with Crippen molar-refractivity contribution in [2.45, 2.75) is 25.2 Å². The molecule has 0 radical (unpaired) electrons. The Morgan fingerprint density at radius 2 is 1.88 bits per heavy atom. The van der Waals surface area contributed by atoms with Crippen molar-refractivity contribution in [2.24, 2.45) is 0 Å². The van der Waals surface area contributed by atoms with E-state index in [-0.39, 0.29) is 22.3 Å². The van der Waals surface area contributed by atoms with Crippen LogP contribution < -0.4 is 4.90 Å². The molecule has 4 nitrogen and oxygen atoms in total. The lowest BCUT2D eigenvalue weighted by Crippen LogP contribution is -2.46. The Labute approximate surface area is 204 Å². The highest BCUT2D eigenvalue weighted by Crippen LogP contribution is 2.47. The molecule has 0 bridgehead atoms. The first-order chi connectivity index (χ1) is 16.4. The van der Waals surface area contributed by atoms with Crippen molar-refractivity contribution in [3.8, 4) is 0 Å². The van der Waals surface area contributed by atoms with Crippen molar-refractivity contribution in [1.29, 1.82) is 0 Å². The molecule has 1 aromatic heterocycles. The first-order valence-corrected chi connectivity index (χ1v) is 12.0. The van der Waals surface area contributed by atoms with Crippen LogP contribution in [0.1, 0.15) is 39.9 Å². The molecule has 174 valence electrons. The normalized spacial score (nSPS) is 17.4. The summed E-state index contributed by atoms with van der Waals surface area (Å²) < 4.78 is 14.3. The van der Waals surface area contributed by atoms with Crippen molar-refractivity contribution in [3.05, 3.63) is 100 Å². The number of anilines is 1. The van der Waals surface area contributed by atoms with E-state index in [9.17, 15) is 9.18 Å². The number of benzene rings is 2. The van der Waals surface area contributed by atoms with E-state index in [0.717, 1.165) is 43.7 Å². The summed E-state index contributed by atoms with van der Waals surface area (Å²) in [6.45, 7) is 5.31. The average Bonchev–Trinajstić information content (AvgIpc) is 3.14. The molecule has 1 spiro atoms. The maximum Gasteiger partial charge on any atom is 0.258 e. The quantitative estimate of drug-likeness (QED) is 0.441. The van der Waals surface area contributed by atoms with Crippen molar-refractivity contribution >= 4 is 29.3 Å². The topological polar surface area (TPSA) is 36.4 Å². The van der Waals surface area contributed by atoms with E-state index in [1.54, 1.807) is 29.2 Å². The number of hydrogen-bond donors (Lipinski definition) is 0. The van der Waals surface area contributed by atoms with Gasteiger partial charge in [0.25, 0.3) is 5.91 Å². The van der Waals surface area contributed by atoms with Crippen LogP contribution in [0.4, 0.5) is 10.1 Å². The zero-order valence-electron chi connectivity index (χ0n) is 19.2. The maximum absolute atomic E-state index is 14.3. The summed E-state index contributed by atoms with van der Waals surface area (Å²) in [5.41, 5.74) is 4.45. The molecular formula is C28H27ClFN3O. The molecule has 1 fully saturated rings. The van der Waals surface area contributed by atoms with Crippen molar-refractivity contribution < 1.29 is 9.18 Å². The van der Waals surface area contributed by atoms with E-state index in [4.69, 9.17) is 11.6 Å². The summed E-state index contributed by atoms with van der Waals surface area (Å²) in [5.74, 6) is -0.389. The number of likely N-dealkylation sites (tertiary alicyclic amines) is 1. The van der Waals surface area contributed by atoms with Crippen LogP contribution in [0.15, 0.2) is 66.9 Å². The second-order valence-corrected chi connectivity index (χ2v) is 9.70. The number of nitrogens with zero attached hydrogens (tertiary/aromatic N) is 3. The Hall–Kier alpha value is -3.02. The number of carbonyl (C=O) groups excluding carboxylic acids is 1. The number of halogens is 2. The summed E-state index contributed by atoms with van der Waals surface area (Å²) in [6, 6.07) is 16.5. The number of hydrogen-bond acceptors (Lipinski definition) is 3. The molecule has 0 unspecified atom stereocenters. The third-order valence-corrected chi connectivity index (χ3v) is 7.27. The van der Waals surface area contributed by atoms with Gasteiger partial charge in [-0.15, -0.1) is 0 Å². The molecule has 1 saturated heterocycles. The fraction of sp³-hybridized carbons (Fsp3) is 0.286. The molecule has 2 aliphatic rings. The smallest absolute Gasteiger partial charge is 0.258 e. The van der Waals surface area contributed by atoms with Crippen LogP contribution in [-0.2, 0) is 5.41 Å². The Morgan fingerprint density at radius 3 is 2.62 bits per heavy atom. The SMILES string of the molecule is Cc1ccc(C=CCN2CCC3(CC2)CN(C(=O)c2ccnc(Cl)c2)c2ccc(F)cc23)cc1. The number of aromatic nitrogens is 1. The summed E-state index contributed by atoms with van der Waals surface area (Å²) in [4.78, 5) is 21.5. The van der Waals surface area contributed by atoms with Gasteiger partial charge in [0.15, 0.2) is 0 Å². The Morgan fingerprint density at radius 1 is 1.12 bits per heavy atom. The van der Waals surface area contributed by atoms with Gasteiger partial charge in [0.2, 0.25) is 0 Å². The van der Waals surface area contributed by atoms with Gasteiger partial charge < -0.3 is 4.90 Å². The molecule has 3 aromatic rings. The zero-order chi connectivity index (χ0) is 23.7. The second kappa shape index (κ2) is 9.32. The highest BCUT2D eigenvalue weighted by molar-refractivity contribution is 6.29. The zero-order valence-corrected chi connectivity index (χ0v) is 19.9. The Bertz CT molecular complexity index is 1230. The van der Waals surface area contributed by atoms with Crippen molar-refractivity contribution in [3.63, 3.8) is 0 Å². The van der Waals surface area contributed by atoms with Gasteiger partial charge in [0.1, 0.15) is 11.0 Å². The number of pyridine rings is 1. The van der Waals surface area contributed by atoms with Crippen LogP contribution in [0.5, 0.6) is 0 Å². The van der Waals surface area contributed by atoms with Crippen molar-refractivity contribution in [2.75, 3.05) is 31.1 Å². The van der Waals surface area contributed by atoms with E-state index in [1.165, 1.54) is 23.4 Å². The maximum atomic E-state index is 14.3. The summed E-state index contributed by atoms with van der Waals surface area (Å²) in [5, 5.41) is 0.283. The van der Waals surface area contributed by atoms with Crippen LogP contribution in [0.3, 0.4) is 0 Å². The molecule has 2 aromatic carbocycles. The number of amides is 1. The molecule has 0 atom stereocenters. The second-order valence-electron chi connectivity index (χ2n) is 9.31. The van der Waals surface area contributed by atoms with Crippen molar-refractivity contribution in [1.82, 2.24) is 9.88 Å². The van der Waals surface area contributed by atoms with Gasteiger partial charge >= 0.3 is 0 Å². The molecule has 34 heavy (non-hydrogen) atoms. The fourth-order valence-electron chi connectivity index (χ4n) is 5.12. The fourth-order valence-corrected chi connectivity index (χ4v) is 5.29. The minimum Gasteiger partial charge on any atom is -0.307 e. The summed E-state index contributed by atoms with van der Waals surface area (Å²) >= 11 is 6.02. The lowest BCUT2D eigenvalue weighted by atomic mass is 9.74. The standard InChI is InChI=1S/C28H27ClFN3O/c1-20-4-6-21(7-5-20)3-2-14-32-15-11-28(12-16-32)19-33(25-9-8-23(30)18-24(25)28)27(34)22-10-13-31-26(29)17-22/h2-10,13,17-18H,11-12,14-16,19H2,1H3. The molecule has 2 aliphatic heterocycles. The highest BCUT2D eigenvalue weighted by Gasteiger charge is 2.46. The van der Waals surface area contributed by atoms with E-state index in [2.05, 4.69) is 53.2 Å². The number of fused-ring (bicyclic) bond motifs is 2. The predicted molar refractivity (Wildman–Crippen MR) is 135 cm³/mol.